The molecule has 0 spiro atoms. The number of fused-ring (bicyclic) bond motifs is 1. The molecule has 70 valence electrons. The number of aliphatic carboxylic acids is 1. The summed E-state index contributed by atoms with van der Waals surface area (Å²) in [6, 6.07) is 0. The van der Waals surface area contributed by atoms with E-state index in [9.17, 15) is 9.59 Å². The Bertz CT molecular complexity index is 517. The summed E-state index contributed by atoms with van der Waals surface area (Å²) in [7, 11) is 0. The number of Topliss-reactive ketones (excluding diaryl/α,β-unsaturated/α-hetero) is 1. The minimum Gasteiger partial charge on any atom is -0.475 e. The summed E-state index contributed by atoms with van der Waals surface area (Å²) in [6.07, 6.45) is 4.11. The van der Waals surface area contributed by atoms with Gasteiger partial charge in [0.05, 0.1) is 23.5 Å². The lowest BCUT2D eigenvalue weighted by Gasteiger charge is -1.91. The normalized spacial score (nSPS) is 10.3. The maximum atomic E-state index is 11.2. The zero-order valence-corrected chi connectivity index (χ0v) is 6.89. The molecule has 2 rings (SSSR count). The fourth-order valence-electron chi connectivity index (χ4n) is 1.18. The predicted molar refractivity (Wildman–Crippen MR) is 45.9 cm³/mol. The molecule has 0 radical (unpaired) electrons. The molecule has 0 bridgehead atoms. The standard InChI is InChI=1S/C8H5N3O3/c12-7(8(13)14)5-1-9-6-3-11-10-2-4(5)6/h1-3,9H,(H,13,14). The van der Waals surface area contributed by atoms with Gasteiger partial charge in [-0.3, -0.25) is 4.79 Å². The third-order valence-electron chi connectivity index (χ3n) is 1.83. The van der Waals surface area contributed by atoms with Gasteiger partial charge in [0.2, 0.25) is 0 Å². The van der Waals surface area contributed by atoms with E-state index in [4.69, 9.17) is 5.11 Å². The van der Waals surface area contributed by atoms with Crippen molar-refractivity contribution in [3.05, 3.63) is 24.2 Å². The average Bonchev–Trinajstić information content (AvgIpc) is 2.60. The van der Waals surface area contributed by atoms with Gasteiger partial charge in [0.15, 0.2) is 0 Å². The van der Waals surface area contributed by atoms with Crippen molar-refractivity contribution in [2.24, 2.45) is 0 Å². The molecule has 0 aromatic carbocycles. The van der Waals surface area contributed by atoms with Crippen LogP contribution in [-0.2, 0) is 4.79 Å². The van der Waals surface area contributed by atoms with E-state index >= 15 is 0 Å². The molecule has 0 aliphatic heterocycles. The number of carbonyl (C=O) groups is 2. The molecule has 2 heterocycles. The van der Waals surface area contributed by atoms with Crippen molar-refractivity contribution in [3.8, 4) is 0 Å². The van der Waals surface area contributed by atoms with Crippen molar-refractivity contribution in [1.29, 1.82) is 0 Å². The molecule has 0 aliphatic carbocycles. The fourth-order valence-corrected chi connectivity index (χ4v) is 1.18. The summed E-state index contributed by atoms with van der Waals surface area (Å²) in [5.74, 6) is -2.44. The Morgan fingerprint density at radius 2 is 2.00 bits per heavy atom. The van der Waals surface area contributed by atoms with Gasteiger partial charge in [-0.2, -0.15) is 10.2 Å². The summed E-state index contributed by atoms with van der Waals surface area (Å²) in [5.41, 5.74) is 0.687. The van der Waals surface area contributed by atoms with Crippen LogP contribution >= 0.6 is 0 Å². The molecule has 2 N–H and O–H groups in total. The summed E-state index contributed by atoms with van der Waals surface area (Å²) in [6.45, 7) is 0. The minimum atomic E-state index is -1.48. The molecule has 0 saturated carbocycles. The monoisotopic (exact) mass is 191 g/mol. The van der Waals surface area contributed by atoms with Crippen LogP contribution in [-0.4, -0.2) is 32.0 Å². The van der Waals surface area contributed by atoms with E-state index in [2.05, 4.69) is 15.2 Å². The third kappa shape index (κ3) is 1.13. The van der Waals surface area contributed by atoms with E-state index in [1.807, 2.05) is 0 Å². The number of H-pyrrole nitrogens is 1. The molecule has 2 aromatic heterocycles. The first-order valence-electron chi connectivity index (χ1n) is 3.75. The van der Waals surface area contributed by atoms with Gasteiger partial charge < -0.3 is 10.1 Å². The number of nitrogens with one attached hydrogen (secondary N) is 1. The van der Waals surface area contributed by atoms with Crippen molar-refractivity contribution >= 4 is 22.7 Å². The van der Waals surface area contributed by atoms with E-state index in [0.29, 0.717) is 10.9 Å². The van der Waals surface area contributed by atoms with Crippen LogP contribution in [0.25, 0.3) is 10.9 Å². The molecule has 0 amide bonds. The molecule has 6 nitrogen and oxygen atoms in total. The number of hydrogen-bond acceptors (Lipinski definition) is 4. The smallest absolute Gasteiger partial charge is 0.377 e. The Balaban J connectivity index is 2.64. The highest BCUT2D eigenvalue weighted by atomic mass is 16.4. The zero-order chi connectivity index (χ0) is 10.1. The second-order valence-corrected chi connectivity index (χ2v) is 2.65. The number of carboxylic acid groups (broad SMARTS) is 1. The predicted octanol–water partition coefficient (Wildman–Crippen LogP) is 0.225. The molecule has 0 fully saturated rings. The van der Waals surface area contributed by atoms with Crippen LogP contribution in [0.1, 0.15) is 10.4 Å². The maximum absolute atomic E-state index is 11.2. The third-order valence-corrected chi connectivity index (χ3v) is 1.83. The molecule has 14 heavy (non-hydrogen) atoms. The van der Waals surface area contributed by atoms with Crippen LogP contribution in [0.4, 0.5) is 0 Å². The molecule has 0 atom stereocenters. The Labute approximate surface area is 77.6 Å². The quantitative estimate of drug-likeness (QED) is 0.523. The summed E-state index contributed by atoms with van der Waals surface area (Å²) in [5, 5.41) is 16.1. The largest absolute Gasteiger partial charge is 0.475 e. The van der Waals surface area contributed by atoms with E-state index in [-0.39, 0.29) is 5.56 Å². The van der Waals surface area contributed by atoms with Crippen LogP contribution < -0.4 is 0 Å². The van der Waals surface area contributed by atoms with Crippen LogP contribution in [0.15, 0.2) is 18.6 Å². The molecule has 0 saturated heterocycles. The number of nitrogens with zero attached hydrogens (tertiary/aromatic N) is 2. The van der Waals surface area contributed by atoms with Crippen LogP contribution in [0.2, 0.25) is 0 Å². The highest BCUT2D eigenvalue weighted by Crippen LogP contribution is 2.15. The number of hydrogen-bond donors (Lipinski definition) is 2. The Morgan fingerprint density at radius 3 is 2.71 bits per heavy atom. The van der Waals surface area contributed by atoms with Crippen molar-refractivity contribution in [3.63, 3.8) is 0 Å². The van der Waals surface area contributed by atoms with Gasteiger partial charge in [0.1, 0.15) is 0 Å². The van der Waals surface area contributed by atoms with Gasteiger partial charge in [-0.15, -0.1) is 0 Å². The van der Waals surface area contributed by atoms with Crippen molar-refractivity contribution in [2.45, 2.75) is 0 Å². The minimum absolute atomic E-state index is 0.0994. The molecular weight excluding hydrogens is 186 g/mol. The summed E-state index contributed by atoms with van der Waals surface area (Å²) >= 11 is 0. The first-order valence-corrected chi connectivity index (χ1v) is 3.75. The molecule has 0 unspecified atom stereocenters. The highest BCUT2D eigenvalue weighted by Gasteiger charge is 2.18. The lowest BCUT2D eigenvalue weighted by Crippen LogP contribution is -2.11. The molecular formula is C8H5N3O3. The number of rotatable bonds is 2. The van der Waals surface area contributed by atoms with Gasteiger partial charge >= 0.3 is 5.97 Å². The SMILES string of the molecule is O=C(O)C(=O)c1c[nH]c2cnncc12. The topological polar surface area (TPSA) is 95.9 Å². The van der Waals surface area contributed by atoms with E-state index in [0.717, 1.165) is 0 Å². The van der Waals surface area contributed by atoms with Crippen molar-refractivity contribution in [1.82, 2.24) is 15.2 Å². The number of carboxylic acids is 1. The van der Waals surface area contributed by atoms with Crippen LogP contribution in [0.5, 0.6) is 0 Å². The number of carbonyl (C=O) groups excluding carboxylic acids is 1. The second-order valence-electron chi connectivity index (χ2n) is 2.65. The molecule has 0 aliphatic rings. The number of aromatic amines is 1. The average molecular weight is 191 g/mol. The summed E-state index contributed by atoms with van der Waals surface area (Å²) < 4.78 is 0. The Kier molecular flexibility index (Phi) is 1.74. The van der Waals surface area contributed by atoms with Gasteiger partial charge in [0, 0.05) is 11.6 Å². The first-order chi connectivity index (χ1) is 6.70. The van der Waals surface area contributed by atoms with E-state index < -0.39 is 11.8 Å². The van der Waals surface area contributed by atoms with Gasteiger partial charge in [-0.1, -0.05) is 0 Å². The van der Waals surface area contributed by atoms with Crippen molar-refractivity contribution in [2.75, 3.05) is 0 Å². The molecule has 2 aromatic rings. The Hall–Kier alpha value is -2.24. The maximum Gasteiger partial charge on any atom is 0.377 e. The van der Waals surface area contributed by atoms with Gasteiger partial charge in [-0.05, 0) is 0 Å². The van der Waals surface area contributed by atoms with E-state index in [1.165, 1.54) is 18.6 Å². The first kappa shape index (κ1) is 8.36. The number of ketones is 1. The van der Waals surface area contributed by atoms with E-state index in [1.54, 1.807) is 0 Å². The van der Waals surface area contributed by atoms with Crippen molar-refractivity contribution < 1.29 is 14.7 Å². The fraction of sp³-hybridized carbons (Fsp3) is 0. The van der Waals surface area contributed by atoms with Crippen LogP contribution in [0, 0.1) is 0 Å². The lowest BCUT2D eigenvalue weighted by molar-refractivity contribution is -0.131. The number of aromatic nitrogens is 3. The Morgan fingerprint density at radius 1 is 1.29 bits per heavy atom. The second kappa shape index (κ2) is 2.91. The lowest BCUT2D eigenvalue weighted by atomic mass is 10.1. The zero-order valence-electron chi connectivity index (χ0n) is 6.89. The highest BCUT2D eigenvalue weighted by molar-refractivity contribution is 6.42. The van der Waals surface area contributed by atoms with Gasteiger partial charge in [0.25, 0.3) is 5.78 Å². The molecule has 6 heteroatoms. The summed E-state index contributed by atoms with van der Waals surface area (Å²) in [4.78, 5) is 24.3. The van der Waals surface area contributed by atoms with Crippen LogP contribution in [0.3, 0.4) is 0 Å². The van der Waals surface area contributed by atoms with Gasteiger partial charge in [-0.25, -0.2) is 4.79 Å².